The van der Waals surface area contributed by atoms with Crippen molar-refractivity contribution >= 4 is 35.6 Å². The maximum absolute atomic E-state index is 12.6. The molecule has 3 rings (SSSR count). The average molecular weight is 448 g/mol. The fraction of sp³-hybridized carbons (Fsp3) is 0.440. The fourth-order valence-corrected chi connectivity index (χ4v) is 3.88. The minimum Gasteiger partial charge on any atom is -0.294 e. The molecule has 0 aliphatic carbocycles. The van der Waals surface area contributed by atoms with Gasteiger partial charge in [-0.3, -0.25) is 14.5 Å². The minimum absolute atomic E-state index is 0. The molecule has 0 N–H and O–H groups in total. The lowest BCUT2D eigenvalue weighted by Crippen LogP contribution is -2.20. The van der Waals surface area contributed by atoms with Crippen molar-refractivity contribution in [3.8, 4) is 0 Å². The topological polar surface area (TPSA) is 37.4 Å². The van der Waals surface area contributed by atoms with Gasteiger partial charge in [0.15, 0.2) is 11.6 Å². The molecule has 5 heteroatoms. The van der Waals surface area contributed by atoms with Crippen LogP contribution < -0.4 is 0 Å². The van der Waals surface area contributed by atoms with E-state index in [1.165, 1.54) is 11.1 Å². The molecule has 0 aromatic heterocycles. The second kappa shape index (κ2) is 8.82. The first kappa shape index (κ1) is 24.6. The molecule has 0 spiro atoms. The van der Waals surface area contributed by atoms with E-state index in [4.69, 9.17) is 11.6 Å². The number of nitrogens with zero attached hydrogens (tertiary/aromatic N) is 1. The van der Waals surface area contributed by atoms with Crippen molar-refractivity contribution in [2.24, 2.45) is 10.8 Å². The number of ketones is 2. The maximum Gasteiger partial charge on any atom is 0.168 e. The Hall–Kier alpha value is -1.68. The smallest absolute Gasteiger partial charge is 0.168 e. The molecule has 0 unspecified atom stereocenters. The van der Waals surface area contributed by atoms with Gasteiger partial charge in [-0.1, -0.05) is 77.4 Å². The lowest BCUT2D eigenvalue weighted by atomic mass is 9.86. The molecule has 1 heterocycles. The van der Waals surface area contributed by atoms with Crippen molar-refractivity contribution in [3.63, 3.8) is 0 Å². The second-order valence-corrected chi connectivity index (χ2v) is 10.5. The molecule has 0 saturated carbocycles. The summed E-state index contributed by atoms with van der Waals surface area (Å²) in [6.45, 7) is 13.9. The van der Waals surface area contributed by atoms with Crippen LogP contribution in [-0.2, 0) is 19.6 Å². The predicted molar refractivity (Wildman–Crippen MR) is 126 cm³/mol. The van der Waals surface area contributed by atoms with E-state index in [0.717, 1.165) is 24.2 Å². The summed E-state index contributed by atoms with van der Waals surface area (Å²) in [6, 6.07) is 11.7. The second-order valence-electron chi connectivity index (χ2n) is 10.1. The monoisotopic (exact) mass is 447 g/mol. The van der Waals surface area contributed by atoms with Crippen LogP contribution in [0.3, 0.4) is 0 Å². The molecular formula is C25H31Cl2NO2. The Morgan fingerprint density at radius 1 is 0.833 bits per heavy atom. The Labute approximate surface area is 191 Å². The number of carbonyl (C=O) groups excluding carboxylic acids is 2. The van der Waals surface area contributed by atoms with Gasteiger partial charge in [-0.15, -0.1) is 12.4 Å². The van der Waals surface area contributed by atoms with Gasteiger partial charge in [-0.05, 0) is 28.8 Å². The zero-order valence-corrected chi connectivity index (χ0v) is 20.2. The van der Waals surface area contributed by atoms with Gasteiger partial charge in [-0.2, -0.15) is 0 Å². The highest BCUT2D eigenvalue weighted by Crippen LogP contribution is 2.30. The third-order valence-electron chi connectivity index (χ3n) is 5.33. The number of carbonyl (C=O) groups is 2. The molecule has 0 fully saturated rings. The largest absolute Gasteiger partial charge is 0.294 e. The first-order valence-electron chi connectivity index (χ1n) is 10.1. The van der Waals surface area contributed by atoms with Crippen LogP contribution in [0.1, 0.15) is 78.9 Å². The SMILES string of the molecule is CC(C)(C)C(=O)c1ccc(CN2Cc3ccc(C(=O)C(C)(C)C)cc3C2)c(Cl)c1.Cl. The van der Waals surface area contributed by atoms with Crippen molar-refractivity contribution in [2.45, 2.75) is 61.2 Å². The van der Waals surface area contributed by atoms with E-state index < -0.39 is 5.41 Å². The number of Topliss-reactive ketones (excluding diaryl/α,β-unsaturated/α-hetero) is 2. The van der Waals surface area contributed by atoms with Crippen LogP contribution in [0, 0.1) is 10.8 Å². The van der Waals surface area contributed by atoms with Crippen LogP contribution in [-0.4, -0.2) is 16.5 Å². The van der Waals surface area contributed by atoms with Crippen LogP contribution in [0.2, 0.25) is 5.02 Å². The summed E-state index contributed by atoms with van der Waals surface area (Å²) < 4.78 is 0. The minimum atomic E-state index is -0.427. The van der Waals surface area contributed by atoms with Crippen LogP contribution in [0.5, 0.6) is 0 Å². The molecule has 0 bridgehead atoms. The number of rotatable bonds is 4. The Bertz CT molecular complexity index is 968. The molecule has 0 atom stereocenters. The Balaban J connectivity index is 0.00000320. The van der Waals surface area contributed by atoms with Gasteiger partial charge < -0.3 is 0 Å². The van der Waals surface area contributed by atoms with Gasteiger partial charge >= 0.3 is 0 Å². The number of halogens is 2. The van der Waals surface area contributed by atoms with Crippen LogP contribution in [0.4, 0.5) is 0 Å². The molecule has 30 heavy (non-hydrogen) atoms. The number of benzene rings is 2. The van der Waals surface area contributed by atoms with E-state index in [0.29, 0.717) is 17.1 Å². The van der Waals surface area contributed by atoms with Crippen LogP contribution in [0.25, 0.3) is 0 Å². The van der Waals surface area contributed by atoms with Crippen molar-refractivity contribution in [1.29, 1.82) is 0 Å². The summed E-state index contributed by atoms with van der Waals surface area (Å²) in [5.74, 6) is 0.261. The molecule has 2 aromatic carbocycles. The Morgan fingerprint density at radius 2 is 1.33 bits per heavy atom. The summed E-state index contributed by atoms with van der Waals surface area (Å²) in [5, 5.41) is 0.625. The maximum atomic E-state index is 12.6. The Morgan fingerprint density at radius 3 is 1.87 bits per heavy atom. The molecule has 0 radical (unpaired) electrons. The third kappa shape index (κ3) is 5.32. The van der Waals surface area contributed by atoms with Gasteiger partial charge in [-0.25, -0.2) is 0 Å². The summed E-state index contributed by atoms with van der Waals surface area (Å²) in [6.07, 6.45) is 0. The number of fused-ring (bicyclic) bond motifs is 1. The highest BCUT2D eigenvalue weighted by atomic mass is 35.5. The van der Waals surface area contributed by atoms with Crippen LogP contribution in [0.15, 0.2) is 36.4 Å². The van der Waals surface area contributed by atoms with E-state index in [1.807, 2.05) is 65.8 Å². The zero-order valence-electron chi connectivity index (χ0n) is 18.6. The van der Waals surface area contributed by atoms with Crippen molar-refractivity contribution in [2.75, 3.05) is 0 Å². The summed E-state index contributed by atoms with van der Waals surface area (Å²) in [5.41, 5.74) is 4.09. The molecular weight excluding hydrogens is 417 g/mol. The van der Waals surface area contributed by atoms with E-state index in [9.17, 15) is 9.59 Å². The molecule has 162 valence electrons. The number of hydrogen-bond acceptors (Lipinski definition) is 3. The van der Waals surface area contributed by atoms with Gasteiger partial charge in [0.25, 0.3) is 0 Å². The summed E-state index contributed by atoms with van der Waals surface area (Å²) >= 11 is 6.51. The molecule has 0 amide bonds. The molecule has 1 aliphatic heterocycles. The van der Waals surface area contributed by atoms with Gasteiger partial charge in [0.1, 0.15) is 0 Å². The normalized spacial score (nSPS) is 14.2. The highest BCUT2D eigenvalue weighted by molar-refractivity contribution is 6.31. The third-order valence-corrected chi connectivity index (χ3v) is 5.68. The predicted octanol–water partition coefficient (Wildman–Crippen LogP) is 6.74. The van der Waals surface area contributed by atoms with Gasteiger partial charge in [0.2, 0.25) is 0 Å². The summed E-state index contributed by atoms with van der Waals surface area (Å²) in [7, 11) is 0. The highest BCUT2D eigenvalue weighted by Gasteiger charge is 2.27. The first-order valence-corrected chi connectivity index (χ1v) is 10.5. The van der Waals surface area contributed by atoms with Crippen LogP contribution >= 0.6 is 24.0 Å². The zero-order chi connectivity index (χ0) is 21.6. The van der Waals surface area contributed by atoms with Crippen molar-refractivity contribution in [1.82, 2.24) is 4.90 Å². The lowest BCUT2D eigenvalue weighted by Gasteiger charge is -2.19. The van der Waals surface area contributed by atoms with E-state index in [2.05, 4.69) is 11.0 Å². The molecule has 3 nitrogen and oxygen atoms in total. The summed E-state index contributed by atoms with van der Waals surface area (Å²) in [4.78, 5) is 27.4. The molecule has 0 saturated heterocycles. The van der Waals surface area contributed by atoms with Gasteiger partial charge in [0.05, 0.1) is 0 Å². The lowest BCUT2D eigenvalue weighted by molar-refractivity contribution is 0.0852. The van der Waals surface area contributed by atoms with Crippen molar-refractivity contribution < 1.29 is 9.59 Å². The quantitative estimate of drug-likeness (QED) is 0.487. The Kier molecular flexibility index (Phi) is 7.23. The first-order chi connectivity index (χ1) is 13.4. The van der Waals surface area contributed by atoms with E-state index >= 15 is 0 Å². The average Bonchev–Trinajstić information content (AvgIpc) is 3.02. The molecule has 1 aliphatic rings. The molecule has 2 aromatic rings. The van der Waals surface area contributed by atoms with Crippen molar-refractivity contribution in [3.05, 3.63) is 69.2 Å². The van der Waals surface area contributed by atoms with Gasteiger partial charge in [0, 0.05) is 46.6 Å². The van der Waals surface area contributed by atoms with E-state index in [1.54, 1.807) is 6.07 Å². The standard InChI is InChI=1S/C25H30ClNO2.ClH/c1-24(2,3)22(28)16-7-9-18-13-27(15-20(18)11-16)14-19-10-8-17(12-21(19)26)23(29)25(4,5)6;/h7-12H,13-15H2,1-6H3;1H. The fourth-order valence-electron chi connectivity index (χ4n) is 3.64. The van der Waals surface area contributed by atoms with E-state index in [-0.39, 0.29) is 29.4 Å². The number of hydrogen-bond donors (Lipinski definition) is 0.